The van der Waals surface area contributed by atoms with E-state index in [9.17, 15) is 28.1 Å². The minimum absolute atomic E-state index is 0. The lowest BCUT2D eigenvalue weighted by atomic mass is 10.2. The molecule has 0 aliphatic rings. The zero-order valence-electron chi connectivity index (χ0n) is 27.1. The molecule has 51 heavy (non-hydrogen) atoms. The average Bonchev–Trinajstić information content (AvgIpc) is 3.36. The molecule has 0 radical (unpaired) electrons. The summed E-state index contributed by atoms with van der Waals surface area (Å²) in [5.41, 5.74) is 1.80. The standard InChI is InChI=1S/C32H28Cl2F3N9O4.BrH/c1-44-25(30(45(48)49)43-31(44)32(35,36)37)16-46(2,3)11-5-8-28(47)42-27-14-22-24(15-38-27)39-18-40-29(22)41-21-9-10-26(23(34)13-21)50-17-19-6-4-7-20(33)12-19;/h4-10,12-15,18H,11,16-17H2,1-3H3,(H-,38,39,40,41,42,47);1H/b8-5+;. The van der Waals surface area contributed by atoms with Gasteiger partial charge in [0, 0.05) is 29.2 Å². The predicted molar refractivity (Wildman–Crippen MR) is 181 cm³/mol. The fourth-order valence-electron chi connectivity index (χ4n) is 4.92. The van der Waals surface area contributed by atoms with Crippen molar-refractivity contribution in [1.29, 1.82) is 0 Å². The summed E-state index contributed by atoms with van der Waals surface area (Å²) >= 11 is 12.5. The zero-order chi connectivity index (χ0) is 36.2. The number of ether oxygens (including phenoxy) is 1. The van der Waals surface area contributed by atoms with Gasteiger partial charge in [-0.3, -0.25) is 9.36 Å². The van der Waals surface area contributed by atoms with Crippen LogP contribution in [0.3, 0.4) is 0 Å². The Morgan fingerprint density at radius 2 is 1.88 bits per heavy atom. The number of nitrogens with one attached hydrogen (secondary N) is 2. The molecule has 2 aromatic carbocycles. The quantitative estimate of drug-likeness (QED) is 0.0823. The molecule has 2 N–H and O–H groups in total. The number of hydrogen-bond acceptors (Lipinski definition) is 9. The van der Waals surface area contributed by atoms with Gasteiger partial charge in [0.05, 0.1) is 37.4 Å². The lowest BCUT2D eigenvalue weighted by Gasteiger charge is -2.28. The number of quaternary nitrogens is 1. The van der Waals surface area contributed by atoms with Crippen molar-refractivity contribution in [2.75, 3.05) is 31.3 Å². The molecule has 5 rings (SSSR count). The van der Waals surface area contributed by atoms with Gasteiger partial charge in [-0.2, -0.15) is 13.2 Å². The highest BCUT2D eigenvalue weighted by atomic mass is 79.9. The van der Waals surface area contributed by atoms with Crippen molar-refractivity contribution in [3.63, 3.8) is 0 Å². The van der Waals surface area contributed by atoms with Crippen LogP contribution in [0.15, 0.2) is 73.2 Å². The van der Waals surface area contributed by atoms with E-state index in [0.717, 1.165) is 12.6 Å². The number of imidazole rings is 1. The third-order valence-corrected chi connectivity index (χ3v) is 7.85. The average molecular weight is 811 g/mol. The molecule has 0 unspecified atom stereocenters. The van der Waals surface area contributed by atoms with Crippen LogP contribution in [0.2, 0.25) is 10.0 Å². The summed E-state index contributed by atoms with van der Waals surface area (Å²) in [6, 6.07) is 14.1. The van der Waals surface area contributed by atoms with E-state index in [-0.39, 0.29) is 52.7 Å². The number of carbonyl (C=O) groups excluding carboxylic acids is 1. The Balaban J connectivity index is 0.00000583. The largest absolute Gasteiger partial charge is 1.00 e. The van der Waals surface area contributed by atoms with Gasteiger partial charge in [0.2, 0.25) is 5.91 Å². The molecule has 0 aliphatic heterocycles. The molecule has 0 spiro atoms. The molecular formula is C32H29BrCl2F3N9O4. The summed E-state index contributed by atoms with van der Waals surface area (Å²) in [6.07, 6.45) is 0.716. The van der Waals surface area contributed by atoms with Gasteiger partial charge in [0.15, 0.2) is 5.69 Å². The number of fused-ring (bicyclic) bond motifs is 1. The lowest BCUT2D eigenvalue weighted by molar-refractivity contribution is -0.898. The lowest BCUT2D eigenvalue weighted by Crippen LogP contribution is -3.00. The molecular weight excluding hydrogens is 782 g/mol. The Bertz CT molecular complexity index is 2110. The van der Waals surface area contributed by atoms with E-state index in [2.05, 4.69) is 30.6 Å². The Labute approximate surface area is 309 Å². The molecule has 1 amide bonds. The topological polar surface area (TPSA) is 150 Å². The number of amides is 1. The Morgan fingerprint density at radius 1 is 1.12 bits per heavy atom. The summed E-state index contributed by atoms with van der Waals surface area (Å²) in [5.74, 6) is -1.67. The maximum absolute atomic E-state index is 13.3. The van der Waals surface area contributed by atoms with Gasteiger partial charge < -0.3 is 46.9 Å². The summed E-state index contributed by atoms with van der Waals surface area (Å²) in [7, 11) is 4.39. The van der Waals surface area contributed by atoms with Crippen LogP contribution >= 0.6 is 23.2 Å². The first-order valence-electron chi connectivity index (χ1n) is 14.7. The molecule has 0 saturated heterocycles. The van der Waals surface area contributed by atoms with Crippen LogP contribution in [0.5, 0.6) is 5.75 Å². The van der Waals surface area contributed by atoms with E-state index < -0.39 is 28.6 Å². The molecule has 0 saturated carbocycles. The highest BCUT2D eigenvalue weighted by molar-refractivity contribution is 6.32. The van der Waals surface area contributed by atoms with Crippen molar-refractivity contribution in [3.8, 4) is 5.75 Å². The fraction of sp³-hybridized carbons (Fsp3) is 0.219. The van der Waals surface area contributed by atoms with Gasteiger partial charge in [-0.25, -0.2) is 15.0 Å². The third kappa shape index (κ3) is 9.90. The highest BCUT2D eigenvalue weighted by Crippen LogP contribution is 2.34. The van der Waals surface area contributed by atoms with E-state index in [1.54, 1.807) is 50.5 Å². The summed E-state index contributed by atoms with van der Waals surface area (Å²) < 4.78 is 46.5. The monoisotopic (exact) mass is 809 g/mol. The fourth-order valence-corrected chi connectivity index (χ4v) is 5.37. The van der Waals surface area contributed by atoms with E-state index in [0.29, 0.717) is 42.8 Å². The molecule has 268 valence electrons. The number of pyridine rings is 1. The predicted octanol–water partition coefficient (Wildman–Crippen LogP) is 4.09. The van der Waals surface area contributed by atoms with Crippen LogP contribution in [0.25, 0.3) is 10.9 Å². The van der Waals surface area contributed by atoms with Crippen molar-refractivity contribution in [2.45, 2.75) is 19.3 Å². The summed E-state index contributed by atoms with van der Waals surface area (Å²) in [6.45, 7) is 0.268. The van der Waals surface area contributed by atoms with Crippen molar-refractivity contribution >= 4 is 63.2 Å². The van der Waals surface area contributed by atoms with E-state index in [1.807, 2.05) is 12.1 Å². The van der Waals surface area contributed by atoms with E-state index in [1.165, 1.54) is 24.7 Å². The Kier molecular flexibility index (Phi) is 12.2. The number of carbonyl (C=O) groups is 1. The molecule has 3 heterocycles. The second-order valence-corrected chi connectivity index (χ2v) is 12.5. The molecule has 0 atom stereocenters. The minimum Gasteiger partial charge on any atom is -1.00 e. The smallest absolute Gasteiger partial charge is 0.475 e. The molecule has 0 fully saturated rings. The minimum atomic E-state index is -4.86. The SMILES string of the molecule is Cn1c(C(F)(F)F)nc([N+](=O)[O-])c1C[N+](C)(C)C/C=C/C(=O)Nc1cc2c(Nc3ccc(OCc4cccc(Cl)c4)c(Cl)c3)ncnc2cn1.[Br-]. The first-order chi connectivity index (χ1) is 23.6. The molecule has 5 aromatic rings. The maximum Gasteiger partial charge on any atom is 0.475 e. The number of nitrogens with zero attached hydrogens (tertiary/aromatic N) is 7. The number of hydrogen-bond donors (Lipinski definition) is 2. The van der Waals surface area contributed by atoms with E-state index >= 15 is 0 Å². The zero-order valence-corrected chi connectivity index (χ0v) is 30.2. The van der Waals surface area contributed by atoms with Gasteiger partial charge in [0.25, 0.3) is 0 Å². The number of rotatable bonds is 12. The van der Waals surface area contributed by atoms with Crippen LogP contribution in [-0.4, -0.2) is 60.5 Å². The molecule has 0 bridgehead atoms. The first kappa shape index (κ1) is 39.0. The van der Waals surface area contributed by atoms with Crippen molar-refractivity contribution in [2.24, 2.45) is 7.05 Å². The number of nitro groups is 1. The summed E-state index contributed by atoms with van der Waals surface area (Å²) in [5, 5.41) is 18.8. The number of aromatic nitrogens is 5. The second kappa shape index (κ2) is 16.0. The van der Waals surface area contributed by atoms with Crippen LogP contribution in [0.4, 0.5) is 36.3 Å². The van der Waals surface area contributed by atoms with Crippen molar-refractivity contribution in [3.05, 3.63) is 110 Å². The van der Waals surface area contributed by atoms with Crippen LogP contribution in [0, 0.1) is 10.1 Å². The van der Waals surface area contributed by atoms with Crippen LogP contribution < -0.4 is 32.4 Å². The molecule has 13 nitrogen and oxygen atoms in total. The second-order valence-electron chi connectivity index (χ2n) is 11.7. The molecule has 0 aliphatic carbocycles. The Morgan fingerprint density at radius 3 is 2.57 bits per heavy atom. The van der Waals surface area contributed by atoms with Gasteiger partial charge in [-0.05, 0) is 57.9 Å². The van der Waals surface area contributed by atoms with Gasteiger partial charge >= 0.3 is 17.8 Å². The number of benzene rings is 2. The number of halogens is 6. The van der Waals surface area contributed by atoms with Crippen LogP contribution in [-0.2, 0) is 31.2 Å². The normalized spacial score (nSPS) is 11.8. The maximum atomic E-state index is 13.3. The van der Waals surface area contributed by atoms with Crippen molar-refractivity contribution in [1.82, 2.24) is 24.5 Å². The van der Waals surface area contributed by atoms with Crippen molar-refractivity contribution < 1.29 is 49.1 Å². The number of alkyl halides is 3. The molecule has 3 aromatic heterocycles. The van der Waals surface area contributed by atoms with Gasteiger partial charge in [-0.1, -0.05) is 35.3 Å². The molecule has 19 heteroatoms. The van der Waals surface area contributed by atoms with E-state index in [4.69, 9.17) is 27.9 Å². The Hall–Kier alpha value is -4.84. The highest BCUT2D eigenvalue weighted by Gasteiger charge is 2.45. The van der Waals surface area contributed by atoms with Gasteiger partial charge in [-0.15, -0.1) is 0 Å². The summed E-state index contributed by atoms with van der Waals surface area (Å²) in [4.78, 5) is 39.3. The number of likely N-dealkylation sites (N-methyl/N-ethyl adjacent to an activating group) is 1. The van der Waals surface area contributed by atoms with Gasteiger partial charge in [0.1, 0.15) is 36.9 Å². The number of anilines is 3. The van der Waals surface area contributed by atoms with Crippen LogP contribution in [0.1, 0.15) is 17.1 Å². The third-order valence-electron chi connectivity index (χ3n) is 7.32. The first-order valence-corrected chi connectivity index (χ1v) is 15.5.